The van der Waals surface area contributed by atoms with Gasteiger partial charge in [0.2, 0.25) is 0 Å². The maximum Gasteiger partial charge on any atom is 0.329 e. The number of halogens is 1. The van der Waals surface area contributed by atoms with E-state index in [1.807, 2.05) is 17.7 Å². The van der Waals surface area contributed by atoms with Crippen LogP contribution < -0.4 is 0 Å². The molecule has 80 valence electrons. The fraction of sp³-hybridized carbons (Fsp3) is 0.500. The molecule has 1 heterocycles. The van der Waals surface area contributed by atoms with E-state index in [4.69, 9.17) is 9.84 Å². The molecule has 0 unspecified atom stereocenters. The molecule has 1 aromatic heterocycles. The molecule has 6 heteroatoms. The van der Waals surface area contributed by atoms with E-state index < -0.39 is 5.97 Å². The predicted molar refractivity (Wildman–Crippen MR) is 52.6 cm³/mol. The van der Waals surface area contributed by atoms with Gasteiger partial charge in [0.25, 0.3) is 0 Å². The zero-order chi connectivity index (χ0) is 9.68. The number of carboxylic acid groups (broad SMARTS) is 1. The minimum absolute atomic E-state index is 0. The minimum Gasteiger partial charge on any atom is -0.480 e. The Labute approximate surface area is 88.1 Å². The number of ether oxygens (including phenoxy) is 1. The van der Waals surface area contributed by atoms with Crippen LogP contribution in [0.2, 0.25) is 0 Å². The van der Waals surface area contributed by atoms with Crippen LogP contribution in [0.15, 0.2) is 18.7 Å². The summed E-state index contributed by atoms with van der Waals surface area (Å²) in [5, 5.41) is 8.31. The number of nitrogens with zero attached hydrogens (tertiary/aromatic N) is 2. The highest BCUT2D eigenvalue weighted by Gasteiger charge is 2.04. The van der Waals surface area contributed by atoms with Crippen LogP contribution in [0.4, 0.5) is 0 Å². The van der Waals surface area contributed by atoms with Crippen LogP contribution in [-0.4, -0.2) is 33.8 Å². The molecule has 0 bridgehead atoms. The van der Waals surface area contributed by atoms with Crippen LogP contribution in [0.25, 0.3) is 0 Å². The van der Waals surface area contributed by atoms with E-state index in [2.05, 4.69) is 4.98 Å². The number of hydrogen-bond donors (Lipinski definition) is 1. The van der Waals surface area contributed by atoms with Gasteiger partial charge < -0.3 is 14.4 Å². The highest BCUT2D eigenvalue weighted by molar-refractivity contribution is 5.85. The van der Waals surface area contributed by atoms with Gasteiger partial charge in [0, 0.05) is 12.4 Å². The van der Waals surface area contributed by atoms with E-state index in [0.29, 0.717) is 6.61 Å². The number of carbonyl (C=O) groups is 1. The molecule has 0 aliphatic carbocycles. The molecular formula is C8H13ClN2O3. The summed E-state index contributed by atoms with van der Waals surface area (Å²) in [6.45, 7) is 2.06. The lowest BCUT2D eigenvalue weighted by atomic mass is 10.4. The Morgan fingerprint density at radius 3 is 2.93 bits per heavy atom. The Hall–Kier alpha value is -1.07. The molecule has 1 rings (SSSR count). The average Bonchev–Trinajstić information content (AvgIpc) is 2.55. The van der Waals surface area contributed by atoms with Crippen LogP contribution in [-0.2, 0) is 9.53 Å². The van der Waals surface area contributed by atoms with Gasteiger partial charge >= 0.3 is 5.97 Å². The fourth-order valence-electron chi connectivity index (χ4n) is 0.933. The van der Waals surface area contributed by atoms with Crippen molar-refractivity contribution < 1.29 is 14.6 Å². The van der Waals surface area contributed by atoms with E-state index in [1.54, 1.807) is 12.5 Å². The van der Waals surface area contributed by atoms with E-state index in [-0.39, 0.29) is 25.1 Å². The van der Waals surface area contributed by atoms with Crippen LogP contribution in [0, 0.1) is 0 Å². The van der Waals surface area contributed by atoms with E-state index >= 15 is 0 Å². The molecule has 0 aliphatic heterocycles. The summed E-state index contributed by atoms with van der Waals surface area (Å²) in [5.74, 6) is -0.946. The number of imidazole rings is 1. The van der Waals surface area contributed by atoms with Crippen molar-refractivity contribution in [3.63, 3.8) is 0 Å². The van der Waals surface area contributed by atoms with Crippen molar-refractivity contribution in [2.24, 2.45) is 0 Å². The molecule has 0 aliphatic rings. The molecule has 0 aromatic carbocycles. The fourth-order valence-corrected chi connectivity index (χ4v) is 0.933. The zero-order valence-corrected chi connectivity index (χ0v) is 8.61. The number of carboxylic acids is 1. The highest BCUT2D eigenvalue weighted by atomic mass is 35.5. The number of hydrogen-bond acceptors (Lipinski definition) is 3. The molecule has 1 aromatic rings. The lowest BCUT2D eigenvalue weighted by Crippen LogP contribution is -2.14. The smallest absolute Gasteiger partial charge is 0.329 e. The van der Waals surface area contributed by atoms with Crippen molar-refractivity contribution in [3.8, 4) is 0 Å². The first kappa shape index (κ1) is 12.9. The predicted octanol–water partition coefficient (Wildman–Crippen LogP) is 0.967. The Balaban J connectivity index is 0.00000169. The van der Waals surface area contributed by atoms with Crippen molar-refractivity contribution in [1.82, 2.24) is 9.55 Å². The Morgan fingerprint density at radius 2 is 2.43 bits per heavy atom. The summed E-state index contributed by atoms with van der Waals surface area (Å²) in [6.07, 6.45) is 5.16. The molecule has 1 N–H and O–H groups in total. The Morgan fingerprint density at radius 1 is 1.71 bits per heavy atom. The summed E-state index contributed by atoms with van der Waals surface area (Å²) < 4.78 is 6.80. The van der Waals surface area contributed by atoms with Crippen molar-refractivity contribution >= 4 is 18.4 Å². The topological polar surface area (TPSA) is 64.3 Å². The summed E-state index contributed by atoms with van der Waals surface area (Å²) in [5.41, 5.74) is 0. The summed E-state index contributed by atoms with van der Waals surface area (Å²) in [6, 6.07) is 0.113. The van der Waals surface area contributed by atoms with Crippen molar-refractivity contribution in [2.75, 3.05) is 13.2 Å². The lowest BCUT2D eigenvalue weighted by Gasteiger charge is -2.11. The molecule has 0 amide bonds. The maximum absolute atomic E-state index is 10.1. The van der Waals surface area contributed by atoms with Crippen molar-refractivity contribution in [1.29, 1.82) is 0 Å². The summed E-state index contributed by atoms with van der Waals surface area (Å²) >= 11 is 0. The van der Waals surface area contributed by atoms with Gasteiger partial charge in [-0.3, -0.25) is 0 Å². The van der Waals surface area contributed by atoms with Gasteiger partial charge in [-0.25, -0.2) is 9.78 Å². The molecule has 14 heavy (non-hydrogen) atoms. The first-order valence-electron chi connectivity index (χ1n) is 3.97. The first-order valence-corrected chi connectivity index (χ1v) is 3.97. The molecule has 0 saturated heterocycles. The second kappa shape index (κ2) is 6.39. The van der Waals surface area contributed by atoms with Crippen LogP contribution >= 0.6 is 12.4 Å². The third-order valence-electron chi connectivity index (χ3n) is 1.62. The van der Waals surface area contributed by atoms with Crippen molar-refractivity contribution in [2.45, 2.75) is 13.0 Å². The monoisotopic (exact) mass is 220 g/mol. The van der Waals surface area contributed by atoms with Crippen LogP contribution in [0.1, 0.15) is 13.0 Å². The Kier molecular flexibility index (Phi) is 5.91. The normalized spacial score (nSPS) is 11.8. The second-order valence-corrected chi connectivity index (χ2v) is 2.77. The molecule has 0 saturated carbocycles. The highest BCUT2D eigenvalue weighted by Crippen LogP contribution is 2.03. The minimum atomic E-state index is -0.946. The SMILES string of the molecule is C[C@@H](COCC(=O)O)n1ccnc1.Cl. The zero-order valence-electron chi connectivity index (χ0n) is 7.79. The van der Waals surface area contributed by atoms with Gasteiger partial charge in [0.15, 0.2) is 0 Å². The Bertz CT molecular complexity index is 264. The van der Waals surface area contributed by atoms with Gasteiger partial charge in [-0.1, -0.05) is 0 Å². The quantitative estimate of drug-likeness (QED) is 0.803. The van der Waals surface area contributed by atoms with Gasteiger partial charge in [-0.15, -0.1) is 12.4 Å². The molecule has 0 radical (unpaired) electrons. The second-order valence-electron chi connectivity index (χ2n) is 2.77. The van der Waals surface area contributed by atoms with Gasteiger partial charge in [0.05, 0.1) is 19.0 Å². The maximum atomic E-state index is 10.1. The molecule has 1 atom stereocenters. The molecular weight excluding hydrogens is 208 g/mol. The van der Waals surface area contributed by atoms with E-state index in [0.717, 1.165) is 0 Å². The van der Waals surface area contributed by atoms with Crippen LogP contribution in [0.3, 0.4) is 0 Å². The lowest BCUT2D eigenvalue weighted by molar-refractivity contribution is -0.142. The van der Waals surface area contributed by atoms with Crippen LogP contribution in [0.5, 0.6) is 0 Å². The third kappa shape index (κ3) is 4.25. The number of aromatic nitrogens is 2. The van der Waals surface area contributed by atoms with Gasteiger partial charge in [-0.05, 0) is 6.92 Å². The standard InChI is InChI=1S/C8H12N2O3.ClH/c1-7(4-13-5-8(11)12)10-3-2-9-6-10;/h2-3,6-7H,4-5H2,1H3,(H,11,12);1H/t7-;/m0./s1. The number of rotatable bonds is 5. The van der Waals surface area contributed by atoms with E-state index in [9.17, 15) is 4.79 Å². The molecule has 0 spiro atoms. The summed E-state index contributed by atoms with van der Waals surface area (Å²) in [7, 11) is 0. The first-order chi connectivity index (χ1) is 6.20. The average molecular weight is 221 g/mol. The third-order valence-corrected chi connectivity index (χ3v) is 1.62. The summed E-state index contributed by atoms with van der Waals surface area (Å²) in [4.78, 5) is 14.0. The molecule has 5 nitrogen and oxygen atoms in total. The largest absolute Gasteiger partial charge is 0.480 e. The van der Waals surface area contributed by atoms with Gasteiger partial charge in [0.1, 0.15) is 6.61 Å². The molecule has 0 fully saturated rings. The number of aliphatic carboxylic acids is 1. The van der Waals surface area contributed by atoms with E-state index in [1.165, 1.54) is 0 Å². The van der Waals surface area contributed by atoms with Gasteiger partial charge in [-0.2, -0.15) is 0 Å². The van der Waals surface area contributed by atoms with Crippen molar-refractivity contribution in [3.05, 3.63) is 18.7 Å².